The minimum Gasteiger partial charge on any atom is -0.455 e. The maximum atomic E-state index is 8.92. The number of hydrogen-bond acceptors (Lipinski definition) is 3. The summed E-state index contributed by atoms with van der Waals surface area (Å²) in [4.78, 5) is 0. The van der Waals surface area contributed by atoms with Crippen molar-refractivity contribution < 1.29 is 20.1 Å². The van der Waals surface area contributed by atoms with Gasteiger partial charge in [0, 0.05) is 49.0 Å². The smallest absolute Gasteiger partial charge is 0.143 e. The molecule has 0 saturated heterocycles. The fourth-order valence-electron chi connectivity index (χ4n) is 23.3. The minimum absolute atomic E-state index is 0.198. The van der Waals surface area contributed by atoms with Crippen LogP contribution >= 0.6 is 0 Å². The second-order valence-electron chi connectivity index (χ2n) is 37.2. The molecule has 0 spiro atoms. The predicted octanol–water partition coefficient (Wildman–Crippen LogP) is 40.1. The van der Waals surface area contributed by atoms with Crippen LogP contribution in [-0.2, 0) is 0 Å². The lowest BCUT2D eigenvalue weighted by molar-refractivity contribution is 0.669. The van der Waals surface area contributed by atoms with Crippen LogP contribution in [0.15, 0.2) is 535 Å². The largest absolute Gasteiger partial charge is 0.455 e. The van der Waals surface area contributed by atoms with Crippen molar-refractivity contribution in [2.24, 2.45) is 0 Å². The number of fused-ring (bicyclic) bond motifs is 22. The Kier molecular flexibility index (Phi) is 18.4. The van der Waals surface area contributed by atoms with Crippen molar-refractivity contribution >= 4 is 184 Å². The molecule has 27 aromatic carbocycles. The number of furan rings is 3. The quantitative estimate of drug-likeness (QED) is 0.101. The van der Waals surface area contributed by atoms with Crippen LogP contribution in [0.3, 0.4) is 0 Å². The highest BCUT2D eigenvalue weighted by Crippen LogP contribution is 2.55. The SMILES string of the molecule is [2H]c1c([2H])c([2H])c(-c2c3ccccc3c(-c3cccc4oc5c(-c6cc7ccccc7c7ccccc67)cccc5c34)c3ccccc23)c([2H])c1[2H].c1ccc(-c2ccccc2-c2cccc3c2oc2cccc(-c4c5ccccc5c(-c5ccccc5)c5ccccc45)c23)cc1.c1ccc2cc(-c3c4ccccc4c(-c4cccc5oc6c(-c7ccc8c(ccc9ccccc98)c7)cccc6c45)c4ccccc34)ccc2c1. The van der Waals surface area contributed by atoms with Crippen LogP contribution < -0.4 is 0 Å². The number of benzene rings is 27. The molecular weight excluding hydrogens is 1730 g/mol. The average molecular weight is 1820 g/mol. The zero-order chi connectivity index (χ0) is 98.5. The molecule has 0 saturated carbocycles. The lowest BCUT2D eigenvalue weighted by Gasteiger charge is -2.18. The van der Waals surface area contributed by atoms with Crippen LogP contribution in [0.1, 0.15) is 6.85 Å². The van der Waals surface area contributed by atoms with Crippen LogP contribution in [0.4, 0.5) is 0 Å². The van der Waals surface area contributed by atoms with Crippen molar-refractivity contribution in [1.82, 2.24) is 0 Å². The van der Waals surface area contributed by atoms with E-state index < -0.39 is 6.04 Å². The molecule has 0 N–H and O–H groups in total. The molecule has 3 heterocycles. The molecule has 0 unspecified atom stereocenters. The molecule has 0 aliphatic rings. The Bertz CT molecular complexity index is 10600. The van der Waals surface area contributed by atoms with Gasteiger partial charge in [0.1, 0.15) is 33.5 Å². The third-order valence-corrected chi connectivity index (χ3v) is 29.4. The molecule has 0 fully saturated rings. The second kappa shape index (κ2) is 34.1. The van der Waals surface area contributed by atoms with E-state index in [0.717, 1.165) is 137 Å². The zero-order valence-electron chi connectivity index (χ0n) is 82.5. The maximum absolute atomic E-state index is 8.92. The molecule has 30 rings (SSSR count). The third-order valence-electron chi connectivity index (χ3n) is 29.4. The summed E-state index contributed by atoms with van der Waals surface area (Å²) in [6.07, 6.45) is 0. The summed E-state index contributed by atoms with van der Waals surface area (Å²) in [5.41, 5.74) is 26.9. The van der Waals surface area contributed by atoms with Crippen LogP contribution in [-0.4, -0.2) is 0 Å². The second-order valence-corrected chi connectivity index (χ2v) is 37.2. The van der Waals surface area contributed by atoms with Gasteiger partial charge < -0.3 is 13.3 Å². The van der Waals surface area contributed by atoms with Crippen LogP contribution in [0.5, 0.6) is 0 Å². The summed E-state index contributed by atoms with van der Waals surface area (Å²) in [5.74, 6) is 0. The van der Waals surface area contributed by atoms with E-state index in [-0.39, 0.29) is 29.7 Å². The van der Waals surface area contributed by atoms with Gasteiger partial charge in [-0.1, -0.05) is 485 Å². The molecule has 0 aliphatic heterocycles. The number of rotatable bonds is 10. The van der Waals surface area contributed by atoms with Crippen molar-refractivity contribution in [2.45, 2.75) is 0 Å². The first-order valence-electron chi connectivity index (χ1n) is 51.3. The molecule has 3 nitrogen and oxygen atoms in total. The van der Waals surface area contributed by atoms with Gasteiger partial charge in [-0.3, -0.25) is 0 Å². The van der Waals surface area contributed by atoms with E-state index in [1.165, 1.54) is 147 Å². The van der Waals surface area contributed by atoms with Crippen molar-refractivity contribution in [3.63, 3.8) is 0 Å². The highest BCUT2D eigenvalue weighted by Gasteiger charge is 2.28. The molecule has 30 aromatic rings. The molecule has 664 valence electrons. The molecule has 0 aliphatic carbocycles. The van der Waals surface area contributed by atoms with Crippen LogP contribution in [0.25, 0.3) is 296 Å². The lowest BCUT2D eigenvalue weighted by Crippen LogP contribution is -1.91. The lowest BCUT2D eigenvalue weighted by atomic mass is 9.84. The molecule has 0 amide bonds. The van der Waals surface area contributed by atoms with Gasteiger partial charge in [0.15, 0.2) is 0 Å². The summed E-state index contributed by atoms with van der Waals surface area (Å²) in [7, 11) is 0. The Morgan fingerprint density at radius 2 is 0.427 bits per heavy atom. The van der Waals surface area contributed by atoms with Crippen LogP contribution in [0.2, 0.25) is 0 Å². The van der Waals surface area contributed by atoms with Gasteiger partial charge in [0.05, 0.1) is 6.85 Å². The number of hydrogen-bond donors (Lipinski definition) is 0. The zero-order valence-corrected chi connectivity index (χ0v) is 77.5. The Hall–Kier alpha value is -18.8. The van der Waals surface area contributed by atoms with Crippen molar-refractivity contribution in [3.05, 3.63) is 522 Å². The summed E-state index contributed by atoms with van der Waals surface area (Å²) < 4.78 is 63.5. The highest BCUT2D eigenvalue weighted by atomic mass is 16.3. The van der Waals surface area contributed by atoms with E-state index in [0.29, 0.717) is 5.56 Å². The normalized spacial score (nSPS) is 12.3. The molecule has 0 atom stereocenters. The van der Waals surface area contributed by atoms with E-state index in [1.807, 2.05) is 48.5 Å². The first-order chi connectivity index (χ1) is 73.1. The molecule has 3 aromatic heterocycles. The first-order valence-corrected chi connectivity index (χ1v) is 48.8. The molecule has 3 heteroatoms. The van der Waals surface area contributed by atoms with Gasteiger partial charge in [-0.15, -0.1) is 0 Å². The van der Waals surface area contributed by atoms with E-state index in [2.05, 4.69) is 443 Å². The van der Waals surface area contributed by atoms with Gasteiger partial charge in [0.2, 0.25) is 0 Å². The van der Waals surface area contributed by atoms with E-state index in [1.54, 1.807) is 0 Å². The Morgan fingerprint density at radius 1 is 0.133 bits per heavy atom. The van der Waals surface area contributed by atoms with Gasteiger partial charge in [-0.05, 0) is 249 Å². The fraction of sp³-hybridized carbons (Fsp3) is 0. The summed E-state index contributed by atoms with van der Waals surface area (Å²) in [6.45, 7) is 0. The first kappa shape index (κ1) is 77.3. The van der Waals surface area contributed by atoms with Crippen molar-refractivity contribution in [1.29, 1.82) is 0 Å². The summed E-state index contributed by atoms with van der Waals surface area (Å²) in [5, 5.41) is 32.2. The Labute approximate surface area is 831 Å². The van der Waals surface area contributed by atoms with E-state index in [9.17, 15) is 0 Å². The monoisotopic (exact) mass is 1820 g/mol. The topological polar surface area (TPSA) is 39.4 Å². The predicted molar refractivity (Wildman–Crippen MR) is 608 cm³/mol. The van der Waals surface area contributed by atoms with Gasteiger partial charge in [-0.25, -0.2) is 0 Å². The maximum Gasteiger partial charge on any atom is 0.143 e. The van der Waals surface area contributed by atoms with Gasteiger partial charge in [0.25, 0.3) is 0 Å². The minimum atomic E-state index is -0.404. The fourth-order valence-corrected chi connectivity index (χ4v) is 23.3. The van der Waals surface area contributed by atoms with E-state index >= 15 is 0 Å². The van der Waals surface area contributed by atoms with Crippen LogP contribution in [0, 0.1) is 0 Å². The average Bonchev–Trinajstić information content (AvgIpc) is 1.07. The Balaban J connectivity index is 0.000000107. The molecule has 0 radical (unpaired) electrons. The highest BCUT2D eigenvalue weighted by molar-refractivity contribution is 6.31. The van der Waals surface area contributed by atoms with Crippen molar-refractivity contribution in [3.8, 4) is 111 Å². The number of para-hydroxylation sites is 3. The van der Waals surface area contributed by atoms with Crippen molar-refractivity contribution in [2.75, 3.05) is 0 Å². The van der Waals surface area contributed by atoms with Gasteiger partial charge >= 0.3 is 0 Å². The Morgan fingerprint density at radius 3 is 0.916 bits per heavy atom. The standard InChI is InChI=1S/C50H30O.C46H28O.C44H28O/c1-2-13-33-29-36(26-23-31(33)11-1)47-40-15-5-7-17-42(40)48(43-18-8-6-16-41(43)47)44-20-10-22-46-49(44)45-21-9-19-39(50(45)51-46)35-27-28-38-34(30-35)25-24-32-12-3-4-14-37(32)38;1-2-14-29(15-3-1)43-34-20-8-10-22-36(34)44(37-23-11-9-21-35(37)43)39-25-13-27-42-45(39)40-26-12-24-38(46(40)47-42)41-28-30-16-4-5-17-31(30)32-18-6-7-19-33(32)41;1-3-15-29(16-4-1)31-19-7-8-20-32(31)37-25-13-27-39-43-38(26-14-28-40(43)45-44(37)39)42-35-23-11-9-21-33(35)41(30-17-5-2-6-18-30)34-22-10-12-24-36(34)42/h1-30H;1-28H;1-28H/i;1D,2D,3D,14D,15D;. The molecule has 0 bridgehead atoms. The summed E-state index contributed by atoms with van der Waals surface area (Å²) >= 11 is 0. The third kappa shape index (κ3) is 13.6. The summed E-state index contributed by atoms with van der Waals surface area (Å²) in [6, 6.07) is 173. The van der Waals surface area contributed by atoms with E-state index in [4.69, 9.17) is 20.1 Å². The molecular formula is C140H86O3. The van der Waals surface area contributed by atoms with Gasteiger partial charge in [-0.2, -0.15) is 0 Å². The molecule has 143 heavy (non-hydrogen) atoms.